The van der Waals surface area contributed by atoms with Crippen LogP contribution in [0.1, 0.15) is 32.4 Å². The molecule has 0 aliphatic heterocycles. The Morgan fingerprint density at radius 1 is 1.08 bits per heavy atom. The highest BCUT2D eigenvalue weighted by molar-refractivity contribution is 5.88. The Morgan fingerprint density at radius 2 is 1.72 bits per heavy atom. The lowest BCUT2D eigenvalue weighted by Gasteiger charge is -2.25. The molecule has 25 heavy (non-hydrogen) atoms. The molecule has 2 aromatic carbocycles. The largest absolute Gasteiger partial charge is 0.467 e. The lowest BCUT2D eigenvalue weighted by Crippen LogP contribution is -2.47. The SMILES string of the molecule is COC(=O)[C@@H](NC(=O)OC(C)(C)C)[C@H](O)c1cccc2ccccc12. The molecule has 0 spiro atoms. The molecule has 6 heteroatoms. The first-order chi connectivity index (χ1) is 11.7. The highest BCUT2D eigenvalue weighted by atomic mass is 16.6. The monoisotopic (exact) mass is 345 g/mol. The fraction of sp³-hybridized carbons (Fsp3) is 0.368. The summed E-state index contributed by atoms with van der Waals surface area (Å²) in [6.07, 6.45) is -2.09. The standard InChI is InChI=1S/C19H23NO5/c1-19(2,3)25-18(23)20-15(17(22)24-4)16(21)14-11-7-9-12-8-5-6-10-13(12)14/h5-11,15-16,21H,1-4H3,(H,20,23)/t15-,16+/m0/s1. The van der Waals surface area contributed by atoms with Gasteiger partial charge in [0.15, 0.2) is 6.04 Å². The number of methoxy groups -OCH3 is 1. The molecule has 1 amide bonds. The number of esters is 1. The molecule has 0 radical (unpaired) electrons. The third-order valence-corrected chi connectivity index (χ3v) is 3.59. The van der Waals surface area contributed by atoms with Crippen molar-refractivity contribution >= 4 is 22.8 Å². The average molecular weight is 345 g/mol. The van der Waals surface area contributed by atoms with Gasteiger partial charge in [0.25, 0.3) is 0 Å². The normalized spacial score (nSPS) is 13.8. The third-order valence-electron chi connectivity index (χ3n) is 3.59. The number of ether oxygens (including phenoxy) is 2. The summed E-state index contributed by atoms with van der Waals surface area (Å²) in [5, 5.41) is 14.9. The summed E-state index contributed by atoms with van der Waals surface area (Å²) in [5.41, 5.74) is -0.209. The maximum absolute atomic E-state index is 12.1. The summed E-state index contributed by atoms with van der Waals surface area (Å²) >= 11 is 0. The number of hydrogen-bond acceptors (Lipinski definition) is 5. The van der Waals surface area contributed by atoms with Crippen LogP contribution in [0.4, 0.5) is 4.79 Å². The summed E-state index contributed by atoms with van der Waals surface area (Å²) in [6.45, 7) is 5.13. The van der Waals surface area contributed by atoms with Gasteiger partial charge in [-0.05, 0) is 37.1 Å². The predicted molar refractivity (Wildman–Crippen MR) is 94.1 cm³/mol. The Morgan fingerprint density at radius 3 is 2.36 bits per heavy atom. The summed E-state index contributed by atoms with van der Waals surface area (Å²) < 4.78 is 9.90. The number of rotatable bonds is 4. The molecule has 6 nitrogen and oxygen atoms in total. The van der Waals surface area contributed by atoms with E-state index in [0.29, 0.717) is 5.56 Å². The van der Waals surface area contributed by atoms with Crippen LogP contribution in [0.5, 0.6) is 0 Å². The number of alkyl carbamates (subject to hydrolysis) is 1. The maximum atomic E-state index is 12.1. The second-order valence-electron chi connectivity index (χ2n) is 6.66. The van der Waals surface area contributed by atoms with Crippen molar-refractivity contribution in [3.63, 3.8) is 0 Å². The number of nitrogens with one attached hydrogen (secondary N) is 1. The fourth-order valence-electron chi connectivity index (χ4n) is 2.52. The van der Waals surface area contributed by atoms with Crippen molar-refractivity contribution < 1.29 is 24.2 Å². The smallest absolute Gasteiger partial charge is 0.408 e. The quantitative estimate of drug-likeness (QED) is 0.832. The molecule has 2 atom stereocenters. The van der Waals surface area contributed by atoms with E-state index in [0.717, 1.165) is 10.8 Å². The van der Waals surface area contributed by atoms with Gasteiger partial charge in [0.1, 0.15) is 11.7 Å². The lowest BCUT2D eigenvalue weighted by molar-refractivity contribution is -0.146. The minimum atomic E-state index is -1.29. The Bertz CT molecular complexity index is 760. The van der Waals surface area contributed by atoms with Crippen LogP contribution in [-0.2, 0) is 14.3 Å². The molecule has 0 saturated carbocycles. The molecular weight excluding hydrogens is 322 g/mol. The second kappa shape index (κ2) is 7.53. The van der Waals surface area contributed by atoms with Gasteiger partial charge in [0.2, 0.25) is 0 Å². The number of aliphatic hydroxyl groups is 1. The van der Waals surface area contributed by atoms with E-state index in [1.165, 1.54) is 7.11 Å². The highest BCUT2D eigenvalue weighted by Crippen LogP contribution is 2.27. The van der Waals surface area contributed by atoms with E-state index in [9.17, 15) is 14.7 Å². The summed E-state index contributed by atoms with van der Waals surface area (Å²) in [6, 6.07) is 11.6. The van der Waals surface area contributed by atoms with Crippen molar-refractivity contribution in [2.24, 2.45) is 0 Å². The Labute approximate surface area is 146 Å². The zero-order chi connectivity index (χ0) is 18.6. The van der Waals surface area contributed by atoms with Crippen molar-refractivity contribution in [2.75, 3.05) is 7.11 Å². The van der Waals surface area contributed by atoms with Crippen molar-refractivity contribution in [3.05, 3.63) is 48.0 Å². The molecule has 2 rings (SSSR count). The van der Waals surface area contributed by atoms with Gasteiger partial charge in [-0.25, -0.2) is 9.59 Å². The van der Waals surface area contributed by atoms with E-state index in [-0.39, 0.29) is 0 Å². The molecule has 0 aliphatic rings. The second-order valence-corrected chi connectivity index (χ2v) is 6.66. The van der Waals surface area contributed by atoms with Crippen molar-refractivity contribution in [2.45, 2.75) is 38.5 Å². The maximum Gasteiger partial charge on any atom is 0.408 e. The van der Waals surface area contributed by atoms with Gasteiger partial charge in [0.05, 0.1) is 7.11 Å². The molecule has 2 aromatic rings. The van der Waals surface area contributed by atoms with E-state index >= 15 is 0 Å². The molecule has 0 aliphatic carbocycles. The van der Waals surface area contributed by atoms with E-state index in [1.54, 1.807) is 32.9 Å². The van der Waals surface area contributed by atoms with E-state index < -0.39 is 29.8 Å². The van der Waals surface area contributed by atoms with Gasteiger partial charge in [-0.2, -0.15) is 0 Å². The molecule has 0 heterocycles. The molecule has 2 N–H and O–H groups in total. The van der Waals surface area contributed by atoms with Crippen LogP contribution in [0, 0.1) is 0 Å². The number of amides is 1. The Hall–Kier alpha value is -2.60. The minimum absolute atomic E-state index is 0.518. The molecule has 0 saturated heterocycles. The van der Waals surface area contributed by atoms with Gasteiger partial charge >= 0.3 is 12.1 Å². The summed E-state index contributed by atoms with van der Waals surface area (Å²) in [5.74, 6) is -0.758. The number of aliphatic hydroxyl groups excluding tert-OH is 1. The number of carbonyl (C=O) groups is 2. The van der Waals surface area contributed by atoms with E-state index in [4.69, 9.17) is 9.47 Å². The molecule has 0 aromatic heterocycles. The van der Waals surface area contributed by atoms with E-state index in [2.05, 4.69) is 5.32 Å². The predicted octanol–water partition coefficient (Wildman–Crippen LogP) is 2.94. The van der Waals surface area contributed by atoms with Crippen LogP contribution in [0.25, 0.3) is 10.8 Å². The third kappa shape index (κ3) is 4.70. The first-order valence-electron chi connectivity index (χ1n) is 7.96. The van der Waals surface area contributed by atoms with Crippen LogP contribution < -0.4 is 5.32 Å². The Kier molecular flexibility index (Phi) is 5.64. The van der Waals surface area contributed by atoms with Crippen LogP contribution >= 0.6 is 0 Å². The molecule has 0 unspecified atom stereocenters. The lowest BCUT2D eigenvalue weighted by atomic mass is 9.96. The van der Waals surface area contributed by atoms with Crippen LogP contribution in [-0.4, -0.2) is 35.9 Å². The number of hydrogen-bond donors (Lipinski definition) is 2. The number of carbonyl (C=O) groups excluding carboxylic acids is 2. The number of fused-ring (bicyclic) bond motifs is 1. The summed E-state index contributed by atoms with van der Waals surface area (Å²) in [7, 11) is 1.20. The van der Waals surface area contributed by atoms with Gasteiger partial charge in [0, 0.05) is 0 Å². The van der Waals surface area contributed by atoms with Gasteiger partial charge in [-0.3, -0.25) is 0 Å². The molecule has 0 fully saturated rings. The van der Waals surface area contributed by atoms with Crippen LogP contribution in [0.2, 0.25) is 0 Å². The Balaban J connectivity index is 2.33. The molecule has 134 valence electrons. The van der Waals surface area contributed by atoms with E-state index in [1.807, 2.05) is 30.3 Å². The van der Waals surface area contributed by atoms with Crippen molar-refractivity contribution in [1.29, 1.82) is 0 Å². The molecular formula is C19H23NO5. The van der Waals surface area contributed by atoms with Crippen molar-refractivity contribution in [3.8, 4) is 0 Å². The first-order valence-corrected chi connectivity index (χ1v) is 7.96. The van der Waals surface area contributed by atoms with Crippen LogP contribution in [0.15, 0.2) is 42.5 Å². The van der Waals surface area contributed by atoms with Crippen LogP contribution in [0.3, 0.4) is 0 Å². The fourth-order valence-corrected chi connectivity index (χ4v) is 2.52. The summed E-state index contributed by atoms with van der Waals surface area (Å²) in [4.78, 5) is 24.1. The average Bonchev–Trinajstić information content (AvgIpc) is 2.56. The molecule has 0 bridgehead atoms. The highest BCUT2D eigenvalue weighted by Gasteiger charge is 2.33. The van der Waals surface area contributed by atoms with Gasteiger partial charge in [-0.15, -0.1) is 0 Å². The minimum Gasteiger partial charge on any atom is -0.467 e. The zero-order valence-electron chi connectivity index (χ0n) is 14.8. The van der Waals surface area contributed by atoms with Crippen molar-refractivity contribution in [1.82, 2.24) is 5.32 Å². The van der Waals surface area contributed by atoms with Gasteiger partial charge in [-0.1, -0.05) is 42.5 Å². The number of benzene rings is 2. The van der Waals surface area contributed by atoms with Gasteiger partial charge < -0.3 is 19.9 Å². The topological polar surface area (TPSA) is 84.9 Å². The zero-order valence-corrected chi connectivity index (χ0v) is 14.8. The first kappa shape index (κ1) is 18.7.